The van der Waals surface area contributed by atoms with Gasteiger partial charge in [0.15, 0.2) is 5.13 Å². The maximum absolute atomic E-state index is 13.1. The van der Waals surface area contributed by atoms with Gasteiger partial charge in [-0.05, 0) is 56.6 Å². The molecule has 1 aliphatic rings. The third-order valence-electron chi connectivity index (χ3n) is 4.96. The summed E-state index contributed by atoms with van der Waals surface area (Å²) in [5.41, 5.74) is 1.62. The molecule has 1 N–H and O–H groups in total. The number of nitrogens with zero attached hydrogens (tertiary/aromatic N) is 4. The molecule has 0 aliphatic carbocycles. The molecule has 1 aromatic carbocycles. The highest BCUT2D eigenvalue weighted by molar-refractivity contribution is 7.16. The molecule has 3 heterocycles. The molecule has 0 spiro atoms. The molecule has 0 unspecified atom stereocenters. The van der Waals surface area contributed by atoms with Gasteiger partial charge in [0.1, 0.15) is 5.82 Å². The molecule has 0 bridgehead atoms. The Balaban J connectivity index is 1.38. The molecule has 4 rings (SSSR count). The van der Waals surface area contributed by atoms with E-state index in [1.807, 2.05) is 23.9 Å². The third kappa shape index (κ3) is 4.28. The van der Waals surface area contributed by atoms with Crippen LogP contribution in [-0.2, 0) is 11.3 Å². The van der Waals surface area contributed by atoms with E-state index in [-0.39, 0.29) is 11.7 Å². The molecular formula is C20H22FN5OS. The van der Waals surface area contributed by atoms with E-state index in [2.05, 4.69) is 20.3 Å². The molecular weight excluding hydrogens is 377 g/mol. The zero-order valence-corrected chi connectivity index (χ0v) is 16.5. The lowest BCUT2D eigenvalue weighted by Crippen LogP contribution is -2.39. The van der Waals surface area contributed by atoms with E-state index in [1.54, 1.807) is 18.3 Å². The summed E-state index contributed by atoms with van der Waals surface area (Å²) in [6, 6.07) is 8.47. The van der Waals surface area contributed by atoms with Crippen LogP contribution in [0.3, 0.4) is 0 Å². The first-order valence-electron chi connectivity index (χ1n) is 9.33. The fourth-order valence-electron chi connectivity index (χ4n) is 3.60. The Labute approximate surface area is 167 Å². The number of hydrogen-bond acceptors (Lipinski definition) is 5. The Morgan fingerprint density at radius 1 is 1.36 bits per heavy atom. The Kier molecular flexibility index (Phi) is 5.50. The van der Waals surface area contributed by atoms with E-state index in [0.717, 1.165) is 42.1 Å². The fourth-order valence-corrected chi connectivity index (χ4v) is 4.46. The number of thiazole rings is 1. The number of likely N-dealkylation sites (tertiary alicyclic amines) is 1. The number of halogens is 1. The molecule has 1 aliphatic heterocycles. The van der Waals surface area contributed by atoms with Gasteiger partial charge in [0.2, 0.25) is 5.91 Å². The lowest BCUT2D eigenvalue weighted by Gasteiger charge is -2.23. The van der Waals surface area contributed by atoms with Gasteiger partial charge in [-0.15, -0.1) is 11.3 Å². The van der Waals surface area contributed by atoms with Gasteiger partial charge in [0, 0.05) is 28.9 Å². The number of carbonyl (C=O) groups is 1. The number of amides is 1. The van der Waals surface area contributed by atoms with Gasteiger partial charge in [-0.3, -0.25) is 14.4 Å². The second-order valence-electron chi connectivity index (χ2n) is 6.97. The molecule has 1 amide bonds. The average molecular weight is 399 g/mol. The van der Waals surface area contributed by atoms with Crippen LogP contribution in [0.2, 0.25) is 0 Å². The van der Waals surface area contributed by atoms with Crippen LogP contribution < -0.4 is 5.32 Å². The van der Waals surface area contributed by atoms with Gasteiger partial charge in [-0.2, -0.15) is 5.10 Å². The number of hydrogen-bond donors (Lipinski definition) is 1. The van der Waals surface area contributed by atoms with E-state index in [9.17, 15) is 9.18 Å². The molecule has 1 atom stereocenters. The normalized spacial score (nSPS) is 17.1. The minimum Gasteiger partial charge on any atom is -0.301 e. The molecule has 28 heavy (non-hydrogen) atoms. The highest BCUT2D eigenvalue weighted by atomic mass is 32.1. The molecule has 2 aromatic heterocycles. The second kappa shape index (κ2) is 8.20. The number of rotatable bonds is 6. The number of anilines is 1. The number of aromatic nitrogens is 3. The van der Waals surface area contributed by atoms with Crippen molar-refractivity contribution in [3.05, 3.63) is 53.4 Å². The Morgan fingerprint density at radius 2 is 2.18 bits per heavy atom. The largest absolute Gasteiger partial charge is 0.301 e. The first-order chi connectivity index (χ1) is 13.6. The summed E-state index contributed by atoms with van der Waals surface area (Å²) < 4.78 is 15.1. The van der Waals surface area contributed by atoms with Crippen molar-refractivity contribution in [1.29, 1.82) is 0 Å². The summed E-state index contributed by atoms with van der Waals surface area (Å²) in [5.74, 6) is -0.341. The van der Waals surface area contributed by atoms with Crippen molar-refractivity contribution in [3.8, 4) is 11.3 Å². The molecule has 3 aromatic rings. The minimum atomic E-state index is -0.277. The average Bonchev–Trinajstić information content (AvgIpc) is 3.40. The Bertz CT molecular complexity index is 938. The predicted molar refractivity (Wildman–Crippen MR) is 108 cm³/mol. The van der Waals surface area contributed by atoms with Crippen LogP contribution in [0.5, 0.6) is 0 Å². The summed E-state index contributed by atoms with van der Waals surface area (Å²) >= 11 is 1.43. The first-order valence-corrected chi connectivity index (χ1v) is 10.1. The maximum Gasteiger partial charge on any atom is 0.240 e. The second-order valence-corrected chi connectivity index (χ2v) is 8.18. The van der Waals surface area contributed by atoms with Crippen LogP contribution in [0, 0.1) is 12.7 Å². The molecule has 146 valence electrons. The standard InChI is InChI=1S/C20H22FN5OS/c1-14-19(15-5-7-16(21)8-6-15)24-20(28-14)23-18(27)13-25-10-2-4-17(25)12-26-11-3-9-22-26/h3,5-9,11,17H,2,4,10,12-13H2,1H3,(H,23,24,27)/t17-/m1/s1. The predicted octanol–water partition coefficient (Wildman–Crippen LogP) is 3.56. The van der Waals surface area contributed by atoms with Crippen molar-refractivity contribution in [2.45, 2.75) is 32.4 Å². The van der Waals surface area contributed by atoms with E-state index in [4.69, 9.17) is 0 Å². The SMILES string of the molecule is Cc1sc(NC(=O)CN2CCC[C@@H]2Cn2cccn2)nc1-c1ccc(F)cc1. The van der Waals surface area contributed by atoms with Crippen molar-refractivity contribution >= 4 is 22.4 Å². The molecule has 6 nitrogen and oxygen atoms in total. The van der Waals surface area contributed by atoms with Crippen molar-refractivity contribution in [2.24, 2.45) is 0 Å². The summed E-state index contributed by atoms with van der Waals surface area (Å²) in [4.78, 5) is 20.3. The molecule has 0 radical (unpaired) electrons. The summed E-state index contributed by atoms with van der Waals surface area (Å²) in [5, 5.41) is 7.76. The number of nitrogens with one attached hydrogen (secondary N) is 1. The van der Waals surface area contributed by atoms with Crippen LogP contribution >= 0.6 is 11.3 Å². The van der Waals surface area contributed by atoms with E-state index in [1.165, 1.54) is 23.5 Å². The summed E-state index contributed by atoms with van der Waals surface area (Å²) in [6.45, 7) is 4.01. The first kappa shape index (κ1) is 18.8. The summed E-state index contributed by atoms with van der Waals surface area (Å²) in [7, 11) is 0. The number of aryl methyl sites for hydroxylation is 1. The van der Waals surface area contributed by atoms with Crippen molar-refractivity contribution in [3.63, 3.8) is 0 Å². The van der Waals surface area contributed by atoms with E-state index >= 15 is 0 Å². The number of benzene rings is 1. The number of carbonyl (C=O) groups excluding carboxylic acids is 1. The lowest BCUT2D eigenvalue weighted by molar-refractivity contribution is -0.117. The van der Waals surface area contributed by atoms with E-state index in [0.29, 0.717) is 17.7 Å². The van der Waals surface area contributed by atoms with Gasteiger partial charge >= 0.3 is 0 Å². The van der Waals surface area contributed by atoms with Gasteiger partial charge < -0.3 is 5.32 Å². The topological polar surface area (TPSA) is 63.1 Å². The smallest absolute Gasteiger partial charge is 0.240 e. The lowest BCUT2D eigenvalue weighted by atomic mass is 10.1. The van der Waals surface area contributed by atoms with Gasteiger partial charge in [0.05, 0.1) is 18.8 Å². The van der Waals surface area contributed by atoms with Crippen molar-refractivity contribution in [2.75, 3.05) is 18.4 Å². The maximum atomic E-state index is 13.1. The van der Waals surface area contributed by atoms with Crippen LogP contribution in [0.4, 0.5) is 9.52 Å². The van der Waals surface area contributed by atoms with Crippen LogP contribution in [0.15, 0.2) is 42.7 Å². The van der Waals surface area contributed by atoms with Crippen molar-refractivity contribution in [1.82, 2.24) is 19.7 Å². The van der Waals surface area contributed by atoms with Gasteiger partial charge in [-0.25, -0.2) is 9.37 Å². The van der Waals surface area contributed by atoms with Crippen LogP contribution in [0.25, 0.3) is 11.3 Å². The highest BCUT2D eigenvalue weighted by Crippen LogP contribution is 2.30. The van der Waals surface area contributed by atoms with E-state index < -0.39 is 0 Å². The molecule has 0 saturated carbocycles. The zero-order valence-electron chi connectivity index (χ0n) is 15.6. The molecule has 1 fully saturated rings. The highest BCUT2D eigenvalue weighted by Gasteiger charge is 2.27. The van der Waals surface area contributed by atoms with Gasteiger partial charge in [-0.1, -0.05) is 0 Å². The summed E-state index contributed by atoms with van der Waals surface area (Å²) in [6.07, 6.45) is 5.88. The quantitative estimate of drug-likeness (QED) is 0.688. The minimum absolute atomic E-state index is 0.0632. The fraction of sp³-hybridized carbons (Fsp3) is 0.350. The Morgan fingerprint density at radius 3 is 2.93 bits per heavy atom. The third-order valence-corrected chi connectivity index (χ3v) is 5.85. The van der Waals surface area contributed by atoms with Gasteiger partial charge in [0.25, 0.3) is 0 Å². The van der Waals surface area contributed by atoms with Crippen LogP contribution in [0.1, 0.15) is 17.7 Å². The van der Waals surface area contributed by atoms with Crippen molar-refractivity contribution < 1.29 is 9.18 Å². The van der Waals surface area contributed by atoms with Crippen LogP contribution in [-0.4, -0.2) is 44.7 Å². The zero-order chi connectivity index (χ0) is 19.5. The molecule has 8 heteroatoms. The Hall–Kier alpha value is -2.58. The monoisotopic (exact) mass is 399 g/mol. The molecule has 1 saturated heterocycles.